The van der Waals surface area contributed by atoms with Crippen molar-refractivity contribution in [2.45, 2.75) is 188 Å². The molecule has 0 unspecified atom stereocenters. The van der Waals surface area contributed by atoms with Gasteiger partial charge in [-0.3, -0.25) is 0 Å². The Morgan fingerprint density at radius 3 is 0.973 bits per heavy atom. The van der Waals surface area contributed by atoms with Crippen molar-refractivity contribution in [3.8, 4) is 69.3 Å². The van der Waals surface area contributed by atoms with Crippen molar-refractivity contribution in [1.82, 2.24) is 18.3 Å². The predicted molar refractivity (Wildman–Crippen MR) is 471 cm³/mol. The lowest BCUT2D eigenvalue weighted by Crippen LogP contribution is -2.40. The quantitative estimate of drug-likeness (QED) is 0.158. The first-order chi connectivity index (χ1) is 53.4. The van der Waals surface area contributed by atoms with E-state index < -0.39 is 10.8 Å². The molecule has 0 radical (unpaired) electrons. The zero-order valence-corrected chi connectivity index (χ0v) is 69.1. The highest BCUT2D eigenvalue weighted by molar-refractivity contribution is 6.15. The van der Waals surface area contributed by atoms with Crippen LogP contribution in [-0.4, -0.2) is 18.3 Å². The van der Waals surface area contributed by atoms with Gasteiger partial charge in [0, 0.05) is 54.2 Å². The standard InChI is InChI=1S/C105H98N8/c1-98(2,3)66-31-41-86-80(49-66)83-52-72(34-44-87(83)110(86)90-45-39-74(64-25-21-23-62(47-64)57-106)96(84(90)59-108)112-88-42-32-67(99(4,5)6)50-81(88)82-51-68(100(7,8)9)33-43-89(82)112)104(17,18)105(19,20)73-30-38-79-78-37-29-71-55-94(78)113(95(79)56-73)97-75(65-26-22-24-63(48-65)58-107)40-46-91(85(97)60-109)111-92-53-69(101(10,11)12)27-35-76(92)77-36-28-70(54-93(77)111)102(13,14)61-103(71,15)16/h21-56H,61H2,1-20H3. The fraction of sp³-hybridized carbons (Fsp3) is 0.276. The van der Waals surface area contributed by atoms with E-state index in [2.05, 4.69) is 363 Å². The van der Waals surface area contributed by atoms with Crippen molar-refractivity contribution in [3.05, 3.63) is 285 Å². The third-order valence-electron chi connectivity index (χ3n) is 26.1. The monoisotopic (exact) mass is 1470 g/mol. The molecular weight excluding hydrogens is 1370 g/mol. The van der Waals surface area contributed by atoms with Crippen molar-refractivity contribution in [1.29, 1.82) is 21.0 Å². The van der Waals surface area contributed by atoms with Gasteiger partial charge in [-0.05, 0) is 215 Å². The highest BCUT2D eigenvalue weighted by atomic mass is 15.0. The number of hydrogen-bond donors (Lipinski definition) is 0. The average molecular weight is 1470 g/mol. The third-order valence-corrected chi connectivity index (χ3v) is 26.1. The molecule has 0 fully saturated rings. The molecule has 5 heterocycles. The molecule has 113 heavy (non-hydrogen) atoms. The maximum atomic E-state index is 12.5. The SMILES string of the molecule is CC(C)(C)c1ccc2c(c1)c1cc(C(C)(C)C(C)(C)c3ccc4c5ccc6cc5n(c4c3)-c3c(-c4cccc(C#N)c4)ccc(c3C#N)-n3c4cc(C(C)(C)C)ccc4c4ccc(cc43)C(C)(C)CC6(C)C)ccc1n2-c1ccc(-c2cccc(C#N)c2)c(-n2c3ccc(C(C)(C)C)cc3c3cc(C(C)(C)C)ccc32)c1C#N. The molecule has 8 heteroatoms. The number of rotatable bonds is 7. The van der Waals surface area contributed by atoms with E-state index in [1.165, 1.54) is 33.4 Å². The van der Waals surface area contributed by atoms with E-state index in [9.17, 15) is 21.0 Å². The first-order valence-electron chi connectivity index (χ1n) is 39.9. The minimum Gasteiger partial charge on any atom is -0.308 e. The van der Waals surface area contributed by atoms with Crippen LogP contribution in [0.3, 0.4) is 0 Å². The average Bonchev–Trinajstić information content (AvgIpc) is 1.57. The summed E-state index contributed by atoms with van der Waals surface area (Å²) in [5.74, 6) is 0. The molecule has 16 aromatic rings. The molecule has 17 rings (SSSR count). The van der Waals surface area contributed by atoms with Crippen LogP contribution in [0.5, 0.6) is 0 Å². The van der Waals surface area contributed by atoms with E-state index in [-0.39, 0.29) is 32.5 Å². The molecule has 0 atom stereocenters. The van der Waals surface area contributed by atoms with Gasteiger partial charge in [0.15, 0.2) is 0 Å². The highest BCUT2D eigenvalue weighted by Gasteiger charge is 2.42. The zero-order valence-electron chi connectivity index (χ0n) is 69.1. The number of fused-ring (bicyclic) bond motifs is 18. The van der Waals surface area contributed by atoms with Crippen molar-refractivity contribution >= 4 is 87.2 Å². The van der Waals surface area contributed by atoms with Crippen molar-refractivity contribution in [2.75, 3.05) is 0 Å². The first-order valence-corrected chi connectivity index (χ1v) is 39.9. The number of nitrogens with zero attached hydrogens (tertiary/aromatic N) is 8. The third kappa shape index (κ3) is 11.4. The molecule has 0 saturated carbocycles. The Hall–Kier alpha value is -12.2. The molecule has 0 amide bonds. The summed E-state index contributed by atoms with van der Waals surface area (Å²) in [6.45, 7) is 46.2. The van der Waals surface area contributed by atoms with Gasteiger partial charge in [-0.15, -0.1) is 0 Å². The number of hydrogen-bond acceptors (Lipinski definition) is 4. The molecule has 0 aliphatic carbocycles. The summed E-state index contributed by atoms with van der Waals surface area (Å²) in [5, 5.41) is 54.6. The van der Waals surface area contributed by atoms with Gasteiger partial charge in [0.25, 0.3) is 0 Å². The Balaban J connectivity index is 0.903. The normalized spacial score (nSPS) is 14.1. The molecular formula is C105H98N8. The van der Waals surface area contributed by atoms with Gasteiger partial charge in [-0.1, -0.05) is 248 Å². The van der Waals surface area contributed by atoms with E-state index in [4.69, 9.17) is 0 Å². The Labute approximate surface area is 665 Å². The molecule has 0 saturated heterocycles. The fourth-order valence-electron chi connectivity index (χ4n) is 18.8. The lowest BCUT2D eigenvalue weighted by Gasteiger charge is -2.43. The predicted octanol–water partition coefficient (Wildman–Crippen LogP) is 27.3. The summed E-state index contributed by atoms with van der Waals surface area (Å²) in [6, 6.07) is 90.5. The molecule has 0 N–H and O–H groups in total. The Kier molecular flexibility index (Phi) is 16.4. The smallest absolute Gasteiger partial charge is 0.104 e. The van der Waals surface area contributed by atoms with E-state index in [1.54, 1.807) is 0 Å². The van der Waals surface area contributed by atoms with Crippen molar-refractivity contribution in [3.63, 3.8) is 0 Å². The van der Waals surface area contributed by atoms with Gasteiger partial charge in [0.1, 0.15) is 23.3 Å². The molecule has 6 bridgehead atoms. The molecule has 8 nitrogen and oxygen atoms in total. The molecule has 0 spiro atoms. The molecule has 558 valence electrons. The summed E-state index contributed by atoms with van der Waals surface area (Å²) in [4.78, 5) is 0. The summed E-state index contributed by atoms with van der Waals surface area (Å²) < 4.78 is 9.41. The van der Waals surface area contributed by atoms with Crippen LogP contribution in [-0.2, 0) is 43.3 Å². The van der Waals surface area contributed by atoms with Crippen LogP contribution in [0.2, 0.25) is 0 Å². The van der Waals surface area contributed by atoms with Gasteiger partial charge < -0.3 is 18.3 Å². The van der Waals surface area contributed by atoms with Crippen LogP contribution in [0.25, 0.3) is 132 Å². The second kappa shape index (κ2) is 25.2. The van der Waals surface area contributed by atoms with E-state index >= 15 is 0 Å². The summed E-state index contributed by atoms with van der Waals surface area (Å²) >= 11 is 0. The maximum Gasteiger partial charge on any atom is 0.104 e. The van der Waals surface area contributed by atoms with Crippen LogP contribution in [0.15, 0.2) is 218 Å². The molecule has 12 aromatic carbocycles. The topological polar surface area (TPSA) is 115 Å². The number of benzene rings is 12. The highest BCUT2D eigenvalue weighted by Crippen LogP contribution is 2.52. The van der Waals surface area contributed by atoms with Crippen LogP contribution < -0.4 is 0 Å². The van der Waals surface area contributed by atoms with Gasteiger partial charge in [-0.2, -0.15) is 21.0 Å². The van der Waals surface area contributed by atoms with E-state index in [0.717, 1.165) is 150 Å². The summed E-state index contributed by atoms with van der Waals surface area (Å²) in [7, 11) is 0. The van der Waals surface area contributed by atoms with Crippen LogP contribution in [0, 0.1) is 45.3 Å². The van der Waals surface area contributed by atoms with Crippen molar-refractivity contribution < 1.29 is 0 Å². The Morgan fingerprint density at radius 1 is 0.274 bits per heavy atom. The summed E-state index contributed by atoms with van der Waals surface area (Å²) in [5.41, 5.74) is 23.8. The zero-order chi connectivity index (χ0) is 80.1. The lowest BCUT2D eigenvalue weighted by atomic mass is 9.61. The van der Waals surface area contributed by atoms with Crippen LogP contribution >= 0.6 is 0 Å². The van der Waals surface area contributed by atoms with Gasteiger partial charge in [-0.25, -0.2) is 0 Å². The summed E-state index contributed by atoms with van der Waals surface area (Å²) in [6.07, 6.45) is 0.862. The molecule has 1 aliphatic rings. The maximum absolute atomic E-state index is 12.5. The minimum atomic E-state index is -0.568. The van der Waals surface area contributed by atoms with Gasteiger partial charge in [0.05, 0.1) is 90.1 Å². The number of aromatic nitrogens is 4. The second-order valence-corrected chi connectivity index (χ2v) is 38.7. The van der Waals surface area contributed by atoms with Crippen molar-refractivity contribution in [2.24, 2.45) is 0 Å². The van der Waals surface area contributed by atoms with Crippen LogP contribution in [0.4, 0.5) is 0 Å². The lowest BCUT2D eigenvalue weighted by molar-refractivity contribution is 0.303. The van der Waals surface area contributed by atoms with Crippen LogP contribution in [0.1, 0.15) is 212 Å². The fourth-order valence-corrected chi connectivity index (χ4v) is 18.8. The van der Waals surface area contributed by atoms with Gasteiger partial charge >= 0.3 is 0 Å². The van der Waals surface area contributed by atoms with E-state index in [0.29, 0.717) is 22.3 Å². The molecule has 4 aromatic heterocycles. The Morgan fingerprint density at radius 2 is 0.575 bits per heavy atom. The Bertz CT molecular complexity index is 6910. The molecule has 1 aliphatic heterocycles. The van der Waals surface area contributed by atoms with E-state index in [1.807, 2.05) is 36.4 Å². The second-order valence-electron chi connectivity index (χ2n) is 38.7. The number of nitriles is 4. The largest absolute Gasteiger partial charge is 0.308 e. The van der Waals surface area contributed by atoms with Gasteiger partial charge in [0.2, 0.25) is 0 Å². The minimum absolute atomic E-state index is 0.126. The first kappa shape index (κ1) is 73.6.